The van der Waals surface area contributed by atoms with E-state index in [9.17, 15) is 9.18 Å². The minimum Gasteiger partial charge on any atom is -0.476 e. The van der Waals surface area contributed by atoms with Gasteiger partial charge in [-0.3, -0.25) is 4.98 Å². The average molecular weight is 250 g/mol. The number of halogens is 2. The second-order valence-corrected chi connectivity index (χ2v) is 3.03. The number of carboxylic acids is 1. The monoisotopic (exact) mass is 249 g/mol. The maximum absolute atomic E-state index is 12.5. The number of ether oxygens (including phenoxy) is 1. The molecule has 0 saturated carbocycles. The van der Waals surface area contributed by atoms with Gasteiger partial charge in [-0.25, -0.2) is 4.79 Å². The molecule has 1 aromatic rings. The molecule has 0 aliphatic rings. The summed E-state index contributed by atoms with van der Waals surface area (Å²) in [5, 5.41) is 8.18. The van der Waals surface area contributed by atoms with Crippen molar-refractivity contribution in [3.05, 3.63) is 22.9 Å². The van der Waals surface area contributed by atoms with E-state index in [4.69, 9.17) is 5.11 Å². The van der Waals surface area contributed by atoms with Crippen molar-refractivity contribution in [2.45, 2.75) is 6.36 Å². The average Bonchev–Trinajstić information content (AvgIpc) is 2.04. The van der Waals surface area contributed by atoms with Crippen LogP contribution in [0.5, 0.6) is 5.75 Å². The first kappa shape index (κ1) is 9.91. The molecule has 1 unspecified atom stereocenters. The van der Waals surface area contributed by atoms with Crippen LogP contribution in [0.4, 0.5) is 4.39 Å². The fourth-order valence-corrected chi connectivity index (χ4v) is 0.971. The van der Waals surface area contributed by atoms with Gasteiger partial charge in [0.15, 0.2) is 0 Å². The van der Waals surface area contributed by atoms with E-state index in [-0.39, 0.29) is 5.75 Å². The van der Waals surface area contributed by atoms with E-state index in [2.05, 4.69) is 25.7 Å². The normalized spacial score (nSPS) is 12.2. The molecule has 1 atom stereocenters. The Kier molecular flexibility index (Phi) is 3.18. The molecule has 0 aliphatic heterocycles. The summed E-state index contributed by atoms with van der Waals surface area (Å²) in [5.41, 5.74) is 0. The molecule has 13 heavy (non-hydrogen) atoms. The van der Waals surface area contributed by atoms with Crippen molar-refractivity contribution in [2.75, 3.05) is 0 Å². The fourth-order valence-electron chi connectivity index (χ4n) is 0.627. The molecule has 4 nitrogen and oxygen atoms in total. The largest absolute Gasteiger partial charge is 0.476 e. The van der Waals surface area contributed by atoms with Crippen molar-refractivity contribution in [1.29, 1.82) is 0 Å². The zero-order valence-corrected chi connectivity index (χ0v) is 7.86. The maximum Gasteiger partial charge on any atom is 0.378 e. The van der Waals surface area contributed by atoms with E-state index in [1.165, 1.54) is 18.5 Å². The van der Waals surface area contributed by atoms with Crippen molar-refractivity contribution in [3.8, 4) is 5.75 Å². The van der Waals surface area contributed by atoms with Gasteiger partial charge < -0.3 is 9.84 Å². The Morgan fingerprint density at radius 1 is 1.69 bits per heavy atom. The molecule has 0 saturated heterocycles. The first-order valence-corrected chi connectivity index (χ1v) is 4.03. The molecule has 0 spiro atoms. The number of nitrogens with zero attached hydrogens (tertiary/aromatic N) is 1. The predicted molar refractivity (Wildman–Crippen MR) is 45.1 cm³/mol. The lowest BCUT2D eigenvalue weighted by Crippen LogP contribution is -2.21. The smallest absolute Gasteiger partial charge is 0.378 e. The molecule has 1 heterocycles. The molecule has 0 aliphatic carbocycles. The van der Waals surface area contributed by atoms with Crippen molar-refractivity contribution in [2.24, 2.45) is 0 Å². The third kappa shape index (κ3) is 2.98. The Balaban J connectivity index is 2.69. The third-order valence-corrected chi connectivity index (χ3v) is 1.55. The lowest BCUT2D eigenvalue weighted by Gasteiger charge is -2.06. The van der Waals surface area contributed by atoms with Crippen LogP contribution in [0.15, 0.2) is 22.9 Å². The van der Waals surface area contributed by atoms with Crippen LogP contribution in [0.25, 0.3) is 0 Å². The molecule has 0 aromatic carbocycles. The van der Waals surface area contributed by atoms with Gasteiger partial charge >= 0.3 is 12.3 Å². The summed E-state index contributed by atoms with van der Waals surface area (Å²) in [4.78, 5) is 13.7. The summed E-state index contributed by atoms with van der Waals surface area (Å²) in [7, 11) is 0. The Morgan fingerprint density at radius 2 is 2.38 bits per heavy atom. The summed E-state index contributed by atoms with van der Waals surface area (Å²) in [6.45, 7) is 0. The van der Waals surface area contributed by atoms with Crippen molar-refractivity contribution in [1.82, 2.24) is 4.98 Å². The van der Waals surface area contributed by atoms with Gasteiger partial charge in [-0.1, -0.05) is 0 Å². The Bertz CT molecular complexity index is 320. The minimum atomic E-state index is -2.36. The summed E-state index contributed by atoms with van der Waals surface area (Å²) >= 11 is 3.08. The number of aromatic nitrogens is 1. The van der Waals surface area contributed by atoms with Crippen LogP contribution in [0.2, 0.25) is 0 Å². The van der Waals surface area contributed by atoms with Crippen molar-refractivity contribution < 1.29 is 19.0 Å². The third-order valence-electron chi connectivity index (χ3n) is 1.11. The standard InChI is InChI=1S/C7H5BrFNO3/c8-4-1-5(3-10-2-4)13-6(9)7(11)12/h1-3,6H,(H,11,12). The topological polar surface area (TPSA) is 59.4 Å². The molecule has 70 valence electrons. The predicted octanol–water partition coefficient (Wildman–Crippen LogP) is 1.60. The molecule has 1 rings (SSSR count). The molecule has 6 heteroatoms. The quantitative estimate of drug-likeness (QED) is 0.885. The van der Waals surface area contributed by atoms with Gasteiger partial charge in [0.1, 0.15) is 5.75 Å². The lowest BCUT2D eigenvalue weighted by atomic mass is 10.5. The fraction of sp³-hybridized carbons (Fsp3) is 0.143. The van der Waals surface area contributed by atoms with Gasteiger partial charge in [0, 0.05) is 10.7 Å². The Morgan fingerprint density at radius 3 is 2.92 bits per heavy atom. The molecular formula is C7H5BrFNO3. The number of hydrogen-bond donors (Lipinski definition) is 1. The second kappa shape index (κ2) is 4.18. The van der Waals surface area contributed by atoms with Crippen LogP contribution in [0.1, 0.15) is 0 Å². The maximum atomic E-state index is 12.5. The summed E-state index contributed by atoms with van der Waals surface area (Å²) in [6.07, 6.45) is 0.331. The van der Waals surface area contributed by atoms with Crippen molar-refractivity contribution in [3.63, 3.8) is 0 Å². The van der Waals surface area contributed by atoms with Crippen LogP contribution in [-0.2, 0) is 4.79 Å². The highest BCUT2D eigenvalue weighted by molar-refractivity contribution is 9.10. The van der Waals surface area contributed by atoms with Crippen LogP contribution >= 0.6 is 15.9 Å². The van der Waals surface area contributed by atoms with Gasteiger partial charge in [0.2, 0.25) is 0 Å². The van der Waals surface area contributed by atoms with E-state index in [0.717, 1.165) is 0 Å². The molecule has 0 radical (unpaired) electrons. The van der Waals surface area contributed by atoms with Crippen molar-refractivity contribution >= 4 is 21.9 Å². The SMILES string of the molecule is O=C(O)C(F)Oc1cncc(Br)c1. The summed E-state index contributed by atoms with van der Waals surface area (Å²) < 4.78 is 17.5. The number of rotatable bonds is 3. The molecule has 1 aromatic heterocycles. The van der Waals surface area contributed by atoms with Gasteiger partial charge in [-0.2, -0.15) is 4.39 Å². The van der Waals surface area contributed by atoms with Gasteiger partial charge in [0.25, 0.3) is 0 Å². The Hall–Kier alpha value is -1.17. The first-order valence-electron chi connectivity index (χ1n) is 3.23. The zero-order valence-electron chi connectivity index (χ0n) is 6.28. The number of pyridine rings is 1. The summed E-state index contributed by atoms with van der Waals surface area (Å²) in [5.74, 6) is -1.61. The lowest BCUT2D eigenvalue weighted by molar-refractivity contribution is -0.153. The number of carbonyl (C=O) groups is 1. The number of aliphatic carboxylic acids is 1. The molecule has 0 bridgehead atoms. The van der Waals surface area contributed by atoms with Crippen LogP contribution in [-0.4, -0.2) is 22.4 Å². The number of alkyl halides is 1. The van der Waals surface area contributed by atoms with Gasteiger partial charge in [0.05, 0.1) is 6.20 Å². The second-order valence-electron chi connectivity index (χ2n) is 2.11. The number of hydrogen-bond acceptors (Lipinski definition) is 3. The first-order chi connectivity index (χ1) is 6.09. The number of carboxylic acid groups (broad SMARTS) is 1. The van der Waals surface area contributed by atoms with Crippen LogP contribution < -0.4 is 4.74 Å². The molecule has 1 N–H and O–H groups in total. The zero-order chi connectivity index (χ0) is 9.84. The van der Waals surface area contributed by atoms with E-state index >= 15 is 0 Å². The van der Waals surface area contributed by atoms with Gasteiger partial charge in [-0.05, 0) is 22.0 Å². The van der Waals surface area contributed by atoms with E-state index in [1.807, 2.05) is 0 Å². The summed E-state index contributed by atoms with van der Waals surface area (Å²) in [6, 6.07) is 1.42. The molecule has 0 fully saturated rings. The van der Waals surface area contributed by atoms with Crippen LogP contribution in [0, 0.1) is 0 Å². The Labute approximate surface area is 81.5 Å². The molecular weight excluding hydrogens is 245 g/mol. The highest BCUT2D eigenvalue weighted by Gasteiger charge is 2.17. The molecule has 0 amide bonds. The highest BCUT2D eigenvalue weighted by Crippen LogP contribution is 2.17. The van der Waals surface area contributed by atoms with E-state index in [0.29, 0.717) is 4.47 Å². The van der Waals surface area contributed by atoms with Gasteiger partial charge in [-0.15, -0.1) is 0 Å². The van der Waals surface area contributed by atoms with Crippen LogP contribution in [0.3, 0.4) is 0 Å². The van der Waals surface area contributed by atoms with E-state index in [1.54, 1.807) is 0 Å². The van der Waals surface area contributed by atoms with E-state index < -0.39 is 12.3 Å². The minimum absolute atomic E-state index is 0.0595. The highest BCUT2D eigenvalue weighted by atomic mass is 79.9.